The van der Waals surface area contributed by atoms with E-state index in [0.717, 1.165) is 0 Å². The minimum Gasteiger partial charge on any atom is -0.308 e. The summed E-state index contributed by atoms with van der Waals surface area (Å²) in [7, 11) is 1.58. The average Bonchev–Trinajstić information content (AvgIpc) is 2.07. The third-order valence-corrected chi connectivity index (χ3v) is 1.46. The number of rotatable bonds is 1. The van der Waals surface area contributed by atoms with Gasteiger partial charge in [0.05, 0.1) is 0 Å². The van der Waals surface area contributed by atoms with Crippen LogP contribution in [-0.4, -0.2) is 12.9 Å². The maximum absolute atomic E-state index is 12.7. The van der Waals surface area contributed by atoms with Crippen LogP contribution in [-0.2, 0) is 0 Å². The van der Waals surface area contributed by atoms with Crippen molar-refractivity contribution in [2.45, 2.75) is 0 Å². The molecule has 0 aliphatic rings. The molecule has 0 radical (unpaired) electrons. The lowest BCUT2D eigenvalue weighted by Crippen LogP contribution is -2.30. The number of nitrogens with zero attached hydrogens (tertiary/aromatic N) is 1. The van der Waals surface area contributed by atoms with Crippen LogP contribution >= 0.6 is 0 Å². The monoisotopic (exact) mass is 167 g/mol. The van der Waals surface area contributed by atoms with Crippen molar-refractivity contribution in [2.24, 2.45) is 10.8 Å². The summed E-state index contributed by atoms with van der Waals surface area (Å²) in [5.41, 5.74) is 3.02. The Morgan fingerprint density at radius 3 is 2.83 bits per heavy atom. The quantitative estimate of drug-likeness (QED) is 0.279. The third-order valence-electron chi connectivity index (χ3n) is 1.46. The topological polar surface area (TPSA) is 50.4 Å². The largest absolute Gasteiger partial charge is 0.308 e. The second-order valence-corrected chi connectivity index (χ2v) is 2.23. The number of hydrazine groups is 1. The molecular weight excluding hydrogens is 157 g/mol. The minimum atomic E-state index is -0.302. The highest BCUT2D eigenvalue weighted by molar-refractivity contribution is 5.98. The molecule has 0 atom stereocenters. The van der Waals surface area contributed by atoms with Crippen LogP contribution in [0.2, 0.25) is 0 Å². The minimum absolute atomic E-state index is 0.302. The van der Waals surface area contributed by atoms with Gasteiger partial charge in [-0.05, 0) is 12.1 Å². The molecular formula is C8H10FN3. The first-order valence-electron chi connectivity index (χ1n) is 3.47. The number of nitrogens with two attached hydrogens (primary N) is 1. The van der Waals surface area contributed by atoms with Gasteiger partial charge in [-0.2, -0.15) is 0 Å². The van der Waals surface area contributed by atoms with Gasteiger partial charge in [-0.25, -0.2) is 10.2 Å². The lowest BCUT2D eigenvalue weighted by molar-refractivity contribution is 0.627. The maximum Gasteiger partial charge on any atom is 0.142 e. The molecule has 0 bridgehead atoms. The molecule has 0 aliphatic carbocycles. The van der Waals surface area contributed by atoms with Crippen molar-refractivity contribution in [3.63, 3.8) is 0 Å². The fourth-order valence-corrected chi connectivity index (χ4v) is 0.913. The van der Waals surface area contributed by atoms with Gasteiger partial charge in [-0.15, -0.1) is 0 Å². The van der Waals surface area contributed by atoms with Gasteiger partial charge < -0.3 is 5.43 Å². The van der Waals surface area contributed by atoms with E-state index in [1.807, 2.05) is 0 Å². The molecule has 0 spiro atoms. The summed E-state index contributed by atoms with van der Waals surface area (Å²) in [4.78, 5) is 3.83. The van der Waals surface area contributed by atoms with E-state index in [4.69, 9.17) is 5.84 Å². The molecule has 0 heterocycles. The van der Waals surface area contributed by atoms with E-state index in [2.05, 4.69) is 10.4 Å². The highest BCUT2D eigenvalue weighted by Gasteiger charge is 2.00. The lowest BCUT2D eigenvalue weighted by Gasteiger charge is -2.03. The zero-order valence-corrected chi connectivity index (χ0v) is 6.71. The van der Waals surface area contributed by atoms with Crippen LogP contribution in [0.5, 0.6) is 0 Å². The number of aliphatic imine (C=N–C) groups is 1. The molecule has 1 aromatic rings. The normalized spacial score (nSPS) is 11.4. The van der Waals surface area contributed by atoms with Gasteiger partial charge >= 0.3 is 0 Å². The van der Waals surface area contributed by atoms with E-state index in [0.29, 0.717) is 11.4 Å². The smallest absolute Gasteiger partial charge is 0.142 e. The molecule has 0 fully saturated rings. The second-order valence-electron chi connectivity index (χ2n) is 2.23. The van der Waals surface area contributed by atoms with Crippen LogP contribution in [0.15, 0.2) is 29.3 Å². The maximum atomic E-state index is 12.7. The highest BCUT2D eigenvalue weighted by Crippen LogP contribution is 2.02. The second kappa shape index (κ2) is 3.82. The number of hydrogen-bond acceptors (Lipinski definition) is 2. The SMILES string of the molecule is CN=C(NN)c1cccc(F)c1. The van der Waals surface area contributed by atoms with Gasteiger partial charge in [0.15, 0.2) is 0 Å². The Morgan fingerprint density at radius 2 is 2.33 bits per heavy atom. The highest BCUT2D eigenvalue weighted by atomic mass is 19.1. The lowest BCUT2D eigenvalue weighted by atomic mass is 10.2. The molecule has 4 heteroatoms. The van der Waals surface area contributed by atoms with Gasteiger partial charge in [-0.3, -0.25) is 4.99 Å². The molecule has 0 unspecified atom stereocenters. The van der Waals surface area contributed by atoms with Crippen LogP contribution in [0.1, 0.15) is 5.56 Å². The summed E-state index contributed by atoms with van der Waals surface area (Å²) < 4.78 is 12.7. The predicted octanol–water partition coefficient (Wildman–Crippen LogP) is 0.665. The Hall–Kier alpha value is -1.42. The summed E-state index contributed by atoms with van der Waals surface area (Å²) in [6, 6.07) is 6.06. The molecule has 64 valence electrons. The van der Waals surface area contributed by atoms with Crippen LogP contribution < -0.4 is 11.3 Å². The summed E-state index contributed by atoms with van der Waals surface area (Å²) in [6.07, 6.45) is 0. The molecule has 0 aliphatic heterocycles. The predicted molar refractivity (Wildman–Crippen MR) is 46.2 cm³/mol. The van der Waals surface area contributed by atoms with Crippen molar-refractivity contribution in [1.29, 1.82) is 0 Å². The fourth-order valence-electron chi connectivity index (χ4n) is 0.913. The van der Waals surface area contributed by atoms with E-state index in [1.165, 1.54) is 12.1 Å². The third kappa shape index (κ3) is 1.79. The van der Waals surface area contributed by atoms with Crippen molar-refractivity contribution in [2.75, 3.05) is 7.05 Å². The van der Waals surface area contributed by atoms with Gasteiger partial charge in [0.25, 0.3) is 0 Å². The molecule has 1 rings (SSSR count). The Morgan fingerprint density at radius 1 is 1.58 bits per heavy atom. The molecule has 1 aromatic carbocycles. The van der Waals surface area contributed by atoms with E-state index >= 15 is 0 Å². The first-order chi connectivity index (χ1) is 5.77. The van der Waals surface area contributed by atoms with E-state index in [1.54, 1.807) is 19.2 Å². The standard InChI is InChI=1S/C8H10FN3/c1-11-8(12-10)6-3-2-4-7(9)5-6/h2-5H,10H2,1H3,(H,11,12). The van der Waals surface area contributed by atoms with Gasteiger partial charge in [-0.1, -0.05) is 12.1 Å². The molecule has 0 aromatic heterocycles. The molecule has 3 N–H and O–H groups in total. The Labute approximate surface area is 70.1 Å². The Balaban J connectivity index is 3.02. The Bertz CT molecular complexity index is 296. The van der Waals surface area contributed by atoms with Gasteiger partial charge in [0.1, 0.15) is 11.7 Å². The zero-order chi connectivity index (χ0) is 8.97. The van der Waals surface area contributed by atoms with Crippen LogP contribution in [0.3, 0.4) is 0 Å². The van der Waals surface area contributed by atoms with E-state index in [-0.39, 0.29) is 5.82 Å². The first-order valence-corrected chi connectivity index (χ1v) is 3.47. The van der Waals surface area contributed by atoms with Crippen LogP contribution in [0.25, 0.3) is 0 Å². The van der Waals surface area contributed by atoms with Crippen LogP contribution in [0, 0.1) is 5.82 Å². The van der Waals surface area contributed by atoms with Crippen molar-refractivity contribution in [3.05, 3.63) is 35.6 Å². The summed E-state index contributed by atoms with van der Waals surface area (Å²) in [5, 5.41) is 0. The average molecular weight is 167 g/mol. The zero-order valence-electron chi connectivity index (χ0n) is 6.71. The van der Waals surface area contributed by atoms with E-state index in [9.17, 15) is 4.39 Å². The number of amidine groups is 1. The van der Waals surface area contributed by atoms with Gasteiger partial charge in [0.2, 0.25) is 0 Å². The van der Waals surface area contributed by atoms with Crippen molar-refractivity contribution < 1.29 is 4.39 Å². The summed E-state index contributed by atoms with van der Waals surface area (Å²) >= 11 is 0. The molecule has 0 saturated carbocycles. The number of halogens is 1. The fraction of sp³-hybridized carbons (Fsp3) is 0.125. The molecule has 0 saturated heterocycles. The van der Waals surface area contributed by atoms with Crippen molar-refractivity contribution >= 4 is 5.84 Å². The summed E-state index contributed by atoms with van der Waals surface area (Å²) in [6.45, 7) is 0. The number of hydrogen-bond donors (Lipinski definition) is 2. The Kier molecular flexibility index (Phi) is 2.76. The molecule has 0 amide bonds. The number of nitrogens with one attached hydrogen (secondary N) is 1. The molecule has 12 heavy (non-hydrogen) atoms. The van der Waals surface area contributed by atoms with E-state index < -0.39 is 0 Å². The van der Waals surface area contributed by atoms with Crippen LogP contribution in [0.4, 0.5) is 4.39 Å². The summed E-state index contributed by atoms with van der Waals surface area (Å²) in [5.74, 6) is 5.33. The van der Waals surface area contributed by atoms with Crippen molar-refractivity contribution in [1.82, 2.24) is 5.43 Å². The number of benzene rings is 1. The van der Waals surface area contributed by atoms with Crippen molar-refractivity contribution in [3.8, 4) is 0 Å². The first kappa shape index (κ1) is 8.67. The molecule has 3 nitrogen and oxygen atoms in total. The van der Waals surface area contributed by atoms with Gasteiger partial charge in [0, 0.05) is 12.6 Å².